The Morgan fingerprint density at radius 2 is 2.38 bits per heavy atom. The number of rotatable bonds is 5. The van der Waals surface area contributed by atoms with Crippen molar-refractivity contribution in [1.29, 1.82) is 0 Å². The molecule has 2 unspecified atom stereocenters. The Hall–Kier alpha value is -0.120. The Balaban J connectivity index is 2.21. The third-order valence-electron chi connectivity index (χ3n) is 2.77. The lowest BCUT2D eigenvalue weighted by Gasteiger charge is -2.22. The molecule has 0 aliphatic carbocycles. The average Bonchev–Trinajstić information content (AvgIpc) is 2.50. The smallest absolute Gasteiger partial charge is 0.0679 e. The van der Waals surface area contributed by atoms with Crippen molar-refractivity contribution in [2.45, 2.75) is 38.3 Å². The first-order valence-electron chi connectivity index (χ1n) is 5.34. The predicted octanol–water partition coefficient (Wildman–Crippen LogP) is 0.441. The first-order chi connectivity index (χ1) is 6.26. The summed E-state index contributed by atoms with van der Waals surface area (Å²) in [5, 5.41) is 12.7. The molecule has 3 nitrogen and oxygen atoms in total. The Bertz CT molecular complexity index is 139. The van der Waals surface area contributed by atoms with Crippen LogP contribution in [0.1, 0.15) is 26.2 Å². The molecule has 2 atom stereocenters. The molecule has 3 heteroatoms. The van der Waals surface area contributed by atoms with Crippen LogP contribution in [0.15, 0.2) is 0 Å². The van der Waals surface area contributed by atoms with Crippen LogP contribution < -0.4 is 5.32 Å². The van der Waals surface area contributed by atoms with Crippen molar-refractivity contribution in [1.82, 2.24) is 10.2 Å². The molecule has 0 aromatic heterocycles. The fourth-order valence-electron chi connectivity index (χ4n) is 1.97. The van der Waals surface area contributed by atoms with Crippen molar-refractivity contribution >= 4 is 0 Å². The predicted molar refractivity (Wildman–Crippen MR) is 54.8 cm³/mol. The van der Waals surface area contributed by atoms with Crippen LogP contribution in [0.3, 0.4) is 0 Å². The van der Waals surface area contributed by atoms with Gasteiger partial charge in [-0.15, -0.1) is 0 Å². The van der Waals surface area contributed by atoms with Gasteiger partial charge in [-0.05, 0) is 19.9 Å². The highest BCUT2D eigenvalue weighted by molar-refractivity contribution is 4.78. The zero-order valence-electron chi connectivity index (χ0n) is 8.79. The lowest BCUT2D eigenvalue weighted by Crippen LogP contribution is -2.38. The van der Waals surface area contributed by atoms with Gasteiger partial charge >= 0.3 is 0 Å². The number of β-amino-alcohol motifs (C(OH)–C–C–N with tert-alkyl or cyclic N) is 1. The minimum atomic E-state index is -0.0841. The van der Waals surface area contributed by atoms with Crippen molar-refractivity contribution in [3.8, 4) is 0 Å². The summed E-state index contributed by atoms with van der Waals surface area (Å²) in [6.45, 7) is 5.22. The molecular weight excluding hydrogens is 164 g/mol. The van der Waals surface area contributed by atoms with E-state index < -0.39 is 0 Å². The average molecular weight is 186 g/mol. The van der Waals surface area contributed by atoms with E-state index in [0.717, 1.165) is 26.1 Å². The van der Waals surface area contributed by atoms with Crippen LogP contribution in [0.25, 0.3) is 0 Å². The lowest BCUT2D eigenvalue weighted by molar-refractivity contribution is 0.172. The number of nitrogens with one attached hydrogen (secondary N) is 1. The second kappa shape index (κ2) is 5.58. The summed E-state index contributed by atoms with van der Waals surface area (Å²) in [5.74, 6) is 0. The third-order valence-corrected chi connectivity index (χ3v) is 2.77. The zero-order chi connectivity index (χ0) is 9.68. The van der Waals surface area contributed by atoms with E-state index in [9.17, 15) is 5.11 Å². The Kier molecular flexibility index (Phi) is 4.70. The summed E-state index contributed by atoms with van der Waals surface area (Å²) in [6, 6.07) is 0.593. The van der Waals surface area contributed by atoms with Crippen LogP contribution in [0, 0.1) is 0 Å². The van der Waals surface area contributed by atoms with Crippen LogP contribution in [-0.2, 0) is 0 Å². The van der Waals surface area contributed by atoms with Crippen LogP contribution in [-0.4, -0.2) is 48.8 Å². The van der Waals surface area contributed by atoms with Gasteiger partial charge in [0, 0.05) is 25.7 Å². The maximum absolute atomic E-state index is 9.35. The number of hydrogen-bond acceptors (Lipinski definition) is 3. The summed E-state index contributed by atoms with van der Waals surface area (Å²) < 4.78 is 0. The van der Waals surface area contributed by atoms with E-state index >= 15 is 0 Å². The van der Waals surface area contributed by atoms with Crippen molar-refractivity contribution < 1.29 is 5.11 Å². The highest BCUT2D eigenvalue weighted by Gasteiger charge is 2.21. The zero-order valence-corrected chi connectivity index (χ0v) is 8.79. The molecule has 0 aromatic rings. The van der Waals surface area contributed by atoms with Crippen molar-refractivity contribution in [2.24, 2.45) is 0 Å². The largest absolute Gasteiger partial charge is 0.392 e. The summed E-state index contributed by atoms with van der Waals surface area (Å²) in [7, 11) is 2.02. The van der Waals surface area contributed by atoms with E-state index in [0.29, 0.717) is 6.04 Å². The van der Waals surface area contributed by atoms with Gasteiger partial charge in [0.25, 0.3) is 0 Å². The topological polar surface area (TPSA) is 35.5 Å². The molecule has 1 aliphatic heterocycles. The highest BCUT2D eigenvalue weighted by Crippen LogP contribution is 2.10. The quantitative estimate of drug-likeness (QED) is 0.654. The summed E-state index contributed by atoms with van der Waals surface area (Å²) in [5.41, 5.74) is 0. The number of hydrogen-bond donors (Lipinski definition) is 2. The van der Waals surface area contributed by atoms with Gasteiger partial charge in [0.05, 0.1) is 6.10 Å². The van der Waals surface area contributed by atoms with Gasteiger partial charge in [0.15, 0.2) is 0 Å². The fourth-order valence-corrected chi connectivity index (χ4v) is 1.97. The molecule has 1 fully saturated rings. The van der Waals surface area contributed by atoms with Gasteiger partial charge in [-0.25, -0.2) is 0 Å². The lowest BCUT2D eigenvalue weighted by atomic mass is 10.1. The molecule has 1 rings (SSSR count). The van der Waals surface area contributed by atoms with Gasteiger partial charge in [-0.3, -0.25) is 4.90 Å². The maximum atomic E-state index is 9.35. The van der Waals surface area contributed by atoms with E-state index in [1.165, 1.54) is 12.8 Å². The first-order valence-corrected chi connectivity index (χ1v) is 5.34. The summed E-state index contributed by atoms with van der Waals surface area (Å²) >= 11 is 0. The van der Waals surface area contributed by atoms with E-state index in [1.807, 2.05) is 7.05 Å². The maximum Gasteiger partial charge on any atom is 0.0679 e. The van der Waals surface area contributed by atoms with Crippen LogP contribution in [0.5, 0.6) is 0 Å². The van der Waals surface area contributed by atoms with Crippen molar-refractivity contribution in [2.75, 3.05) is 26.7 Å². The number of nitrogens with zero attached hydrogens (tertiary/aromatic N) is 1. The van der Waals surface area contributed by atoms with Crippen molar-refractivity contribution in [3.63, 3.8) is 0 Å². The molecule has 0 saturated carbocycles. The summed E-state index contributed by atoms with van der Waals surface area (Å²) in [4.78, 5) is 2.35. The third kappa shape index (κ3) is 3.63. The molecule has 1 heterocycles. The van der Waals surface area contributed by atoms with Gasteiger partial charge < -0.3 is 10.4 Å². The SMILES string of the molecule is CCCC(CN1CCC(O)C1)NC. The number of aliphatic hydroxyl groups is 1. The van der Waals surface area contributed by atoms with Crippen LogP contribution in [0.4, 0.5) is 0 Å². The number of likely N-dealkylation sites (tertiary alicyclic amines) is 1. The van der Waals surface area contributed by atoms with E-state index in [-0.39, 0.29) is 6.10 Å². The minimum Gasteiger partial charge on any atom is -0.392 e. The van der Waals surface area contributed by atoms with E-state index in [4.69, 9.17) is 0 Å². The van der Waals surface area contributed by atoms with E-state index in [1.54, 1.807) is 0 Å². The Morgan fingerprint density at radius 1 is 1.62 bits per heavy atom. The molecule has 0 bridgehead atoms. The monoisotopic (exact) mass is 186 g/mol. The molecular formula is C10H22N2O. The van der Waals surface area contributed by atoms with Crippen LogP contribution in [0.2, 0.25) is 0 Å². The van der Waals surface area contributed by atoms with Gasteiger partial charge in [-0.1, -0.05) is 13.3 Å². The molecule has 0 radical (unpaired) electrons. The molecule has 0 spiro atoms. The Labute approximate surface area is 81.1 Å². The molecule has 78 valence electrons. The fraction of sp³-hybridized carbons (Fsp3) is 1.00. The second-order valence-electron chi connectivity index (χ2n) is 3.98. The molecule has 1 saturated heterocycles. The number of likely N-dealkylation sites (N-methyl/N-ethyl adjacent to an activating group) is 1. The van der Waals surface area contributed by atoms with Crippen LogP contribution >= 0.6 is 0 Å². The molecule has 0 amide bonds. The van der Waals surface area contributed by atoms with Gasteiger partial charge in [-0.2, -0.15) is 0 Å². The first kappa shape index (κ1) is 11.0. The Morgan fingerprint density at radius 3 is 2.85 bits per heavy atom. The molecule has 1 aliphatic rings. The molecule has 0 aromatic carbocycles. The minimum absolute atomic E-state index is 0.0841. The molecule has 2 N–H and O–H groups in total. The molecule has 13 heavy (non-hydrogen) atoms. The van der Waals surface area contributed by atoms with Gasteiger partial charge in [0.1, 0.15) is 0 Å². The normalized spacial score (nSPS) is 26.5. The van der Waals surface area contributed by atoms with Crippen molar-refractivity contribution in [3.05, 3.63) is 0 Å². The highest BCUT2D eigenvalue weighted by atomic mass is 16.3. The van der Waals surface area contributed by atoms with E-state index in [2.05, 4.69) is 17.1 Å². The second-order valence-corrected chi connectivity index (χ2v) is 3.98. The van der Waals surface area contributed by atoms with Gasteiger partial charge in [0.2, 0.25) is 0 Å². The standard InChI is InChI=1S/C10H22N2O/c1-3-4-9(11-2)7-12-6-5-10(13)8-12/h9-11,13H,3-8H2,1-2H3. The number of aliphatic hydroxyl groups excluding tert-OH is 1. The summed E-state index contributed by atoms with van der Waals surface area (Å²) in [6.07, 6.45) is 3.31.